The number of rotatable bonds is 4. The molecule has 1 heterocycles. The van der Waals surface area contributed by atoms with Gasteiger partial charge < -0.3 is 10.6 Å². The summed E-state index contributed by atoms with van der Waals surface area (Å²) in [6.45, 7) is 2.93. The van der Waals surface area contributed by atoms with Crippen molar-refractivity contribution in [3.63, 3.8) is 0 Å². The average molecular weight is 261 g/mol. The standard InChI is InChI=1S/C13H15N3OS/c1-2-16(10-6-4-3-5-7-10)13(17)11-9-18-12(8-14)15-11/h3-7,9H,2,8,14H2,1H3. The third-order valence-electron chi connectivity index (χ3n) is 2.57. The van der Waals surface area contributed by atoms with Crippen molar-refractivity contribution in [2.24, 2.45) is 5.73 Å². The van der Waals surface area contributed by atoms with Crippen LogP contribution in [-0.2, 0) is 6.54 Å². The third-order valence-corrected chi connectivity index (χ3v) is 3.45. The Hall–Kier alpha value is -1.72. The molecular formula is C13H15N3OS. The molecule has 0 fully saturated rings. The molecule has 5 heteroatoms. The zero-order valence-corrected chi connectivity index (χ0v) is 11.0. The van der Waals surface area contributed by atoms with Crippen molar-refractivity contribution >= 4 is 22.9 Å². The van der Waals surface area contributed by atoms with Crippen LogP contribution in [-0.4, -0.2) is 17.4 Å². The van der Waals surface area contributed by atoms with E-state index in [4.69, 9.17) is 5.73 Å². The Kier molecular flexibility index (Phi) is 4.07. The summed E-state index contributed by atoms with van der Waals surface area (Å²) in [5.41, 5.74) is 6.85. The second-order valence-corrected chi connectivity index (χ2v) is 4.66. The van der Waals surface area contributed by atoms with Crippen molar-refractivity contribution in [1.29, 1.82) is 0 Å². The maximum absolute atomic E-state index is 12.3. The van der Waals surface area contributed by atoms with Gasteiger partial charge in [-0.1, -0.05) is 18.2 Å². The zero-order chi connectivity index (χ0) is 13.0. The van der Waals surface area contributed by atoms with Crippen LogP contribution in [0.4, 0.5) is 5.69 Å². The first-order chi connectivity index (χ1) is 8.76. The van der Waals surface area contributed by atoms with Crippen LogP contribution in [0.25, 0.3) is 0 Å². The van der Waals surface area contributed by atoms with E-state index in [1.165, 1.54) is 11.3 Å². The van der Waals surface area contributed by atoms with Gasteiger partial charge >= 0.3 is 0 Å². The second-order valence-electron chi connectivity index (χ2n) is 3.72. The van der Waals surface area contributed by atoms with Crippen LogP contribution in [0, 0.1) is 0 Å². The molecule has 1 aromatic heterocycles. The summed E-state index contributed by atoms with van der Waals surface area (Å²) < 4.78 is 0. The highest BCUT2D eigenvalue weighted by Gasteiger charge is 2.18. The number of nitrogens with two attached hydrogens (primary N) is 1. The molecule has 2 N–H and O–H groups in total. The normalized spacial score (nSPS) is 10.3. The molecule has 1 aromatic carbocycles. The van der Waals surface area contributed by atoms with Crippen molar-refractivity contribution in [2.75, 3.05) is 11.4 Å². The van der Waals surface area contributed by atoms with Gasteiger partial charge in [0.25, 0.3) is 5.91 Å². The minimum atomic E-state index is -0.0837. The molecule has 18 heavy (non-hydrogen) atoms. The van der Waals surface area contributed by atoms with Gasteiger partial charge in [-0.05, 0) is 19.1 Å². The number of aromatic nitrogens is 1. The minimum Gasteiger partial charge on any atom is -0.325 e. The summed E-state index contributed by atoms with van der Waals surface area (Å²) in [4.78, 5) is 18.3. The van der Waals surface area contributed by atoms with Crippen molar-refractivity contribution in [2.45, 2.75) is 13.5 Å². The molecule has 0 saturated heterocycles. The number of thiazole rings is 1. The predicted octanol–water partition coefficient (Wildman–Crippen LogP) is 2.27. The smallest absolute Gasteiger partial charge is 0.277 e. The molecule has 0 bridgehead atoms. The summed E-state index contributed by atoms with van der Waals surface area (Å²) in [7, 11) is 0. The lowest BCUT2D eigenvalue weighted by atomic mass is 10.2. The van der Waals surface area contributed by atoms with Crippen molar-refractivity contribution in [3.05, 3.63) is 46.4 Å². The van der Waals surface area contributed by atoms with E-state index in [2.05, 4.69) is 4.98 Å². The Labute approximate surface area is 110 Å². The van der Waals surface area contributed by atoms with E-state index in [9.17, 15) is 4.79 Å². The first kappa shape index (κ1) is 12.7. The maximum Gasteiger partial charge on any atom is 0.277 e. The molecule has 1 amide bonds. The average Bonchev–Trinajstić information content (AvgIpc) is 2.89. The molecule has 4 nitrogen and oxygen atoms in total. The molecule has 0 spiro atoms. The summed E-state index contributed by atoms with van der Waals surface area (Å²) in [5.74, 6) is -0.0837. The SMILES string of the molecule is CCN(C(=O)c1csc(CN)n1)c1ccccc1. The van der Waals surface area contributed by atoms with Crippen LogP contribution in [0.15, 0.2) is 35.7 Å². The molecule has 2 rings (SSSR count). The van der Waals surface area contributed by atoms with E-state index in [0.29, 0.717) is 18.8 Å². The molecule has 0 unspecified atom stereocenters. The number of hydrogen-bond donors (Lipinski definition) is 1. The summed E-state index contributed by atoms with van der Waals surface area (Å²) >= 11 is 1.42. The number of hydrogen-bond acceptors (Lipinski definition) is 4. The molecule has 0 saturated carbocycles. The number of anilines is 1. The van der Waals surface area contributed by atoms with Gasteiger partial charge in [0.1, 0.15) is 10.7 Å². The number of para-hydroxylation sites is 1. The lowest BCUT2D eigenvalue weighted by Gasteiger charge is -2.19. The third kappa shape index (κ3) is 2.57. The first-order valence-corrected chi connectivity index (χ1v) is 6.65. The Morgan fingerprint density at radius 1 is 1.39 bits per heavy atom. The fourth-order valence-corrected chi connectivity index (χ4v) is 2.34. The lowest BCUT2D eigenvalue weighted by molar-refractivity contribution is 0.0984. The minimum absolute atomic E-state index is 0.0837. The van der Waals surface area contributed by atoms with Crippen molar-refractivity contribution in [3.8, 4) is 0 Å². The van der Waals surface area contributed by atoms with Crippen molar-refractivity contribution in [1.82, 2.24) is 4.98 Å². The van der Waals surface area contributed by atoms with Gasteiger partial charge in [0, 0.05) is 24.2 Å². The van der Waals surface area contributed by atoms with E-state index >= 15 is 0 Å². The Morgan fingerprint density at radius 3 is 2.67 bits per heavy atom. The quantitative estimate of drug-likeness (QED) is 0.918. The van der Waals surface area contributed by atoms with Gasteiger partial charge in [-0.15, -0.1) is 11.3 Å². The maximum atomic E-state index is 12.3. The molecular weight excluding hydrogens is 246 g/mol. The summed E-state index contributed by atoms with van der Waals surface area (Å²) in [5, 5.41) is 2.54. The first-order valence-electron chi connectivity index (χ1n) is 5.77. The van der Waals surface area contributed by atoms with Crippen molar-refractivity contribution < 1.29 is 4.79 Å². The number of benzene rings is 1. The van der Waals surface area contributed by atoms with Gasteiger partial charge in [0.15, 0.2) is 0 Å². The van der Waals surface area contributed by atoms with Gasteiger partial charge in [-0.2, -0.15) is 0 Å². The molecule has 0 radical (unpaired) electrons. The second kappa shape index (κ2) is 5.75. The monoisotopic (exact) mass is 261 g/mol. The van der Waals surface area contributed by atoms with Crippen LogP contribution >= 0.6 is 11.3 Å². The van der Waals surface area contributed by atoms with Gasteiger partial charge in [0.05, 0.1) is 0 Å². The molecule has 0 aliphatic rings. The van der Waals surface area contributed by atoms with Crippen LogP contribution in [0.3, 0.4) is 0 Å². The highest BCUT2D eigenvalue weighted by atomic mass is 32.1. The Morgan fingerprint density at radius 2 is 2.11 bits per heavy atom. The highest BCUT2D eigenvalue weighted by Crippen LogP contribution is 2.17. The van der Waals surface area contributed by atoms with Crippen LogP contribution in [0.2, 0.25) is 0 Å². The van der Waals surface area contributed by atoms with E-state index in [1.54, 1.807) is 10.3 Å². The number of carbonyl (C=O) groups is 1. The predicted molar refractivity (Wildman–Crippen MR) is 73.8 cm³/mol. The lowest BCUT2D eigenvalue weighted by Crippen LogP contribution is -2.30. The van der Waals surface area contributed by atoms with Crippen LogP contribution < -0.4 is 10.6 Å². The molecule has 0 aliphatic heterocycles. The zero-order valence-electron chi connectivity index (χ0n) is 10.2. The molecule has 0 atom stereocenters. The van der Waals surface area contributed by atoms with Gasteiger partial charge in [-0.3, -0.25) is 4.79 Å². The van der Waals surface area contributed by atoms with E-state index < -0.39 is 0 Å². The summed E-state index contributed by atoms with van der Waals surface area (Å²) in [6, 6.07) is 9.58. The van der Waals surface area contributed by atoms with Crippen LogP contribution in [0.5, 0.6) is 0 Å². The molecule has 0 aliphatic carbocycles. The number of amides is 1. The van der Waals surface area contributed by atoms with E-state index in [1.807, 2.05) is 37.3 Å². The van der Waals surface area contributed by atoms with E-state index in [0.717, 1.165) is 10.7 Å². The number of carbonyl (C=O) groups excluding carboxylic acids is 1. The Balaban J connectivity index is 2.25. The molecule has 2 aromatic rings. The van der Waals surface area contributed by atoms with E-state index in [-0.39, 0.29) is 5.91 Å². The topological polar surface area (TPSA) is 59.2 Å². The largest absolute Gasteiger partial charge is 0.325 e. The summed E-state index contributed by atoms with van der Waals surface area (Å²) in [6.07, 6.45) is 0. The molecule has 94 valence electrons. The van der Waals surface area contributed by atoms with Gasteiger partial charge in [0.2, 0.25) is 0 Å². The fourth-order valence-electron chi connectivity index (χ4n) is 1.69. The fraction of sp³-hybridized carbons (Fsp3) is 0.231. The number of nitrogens with zero attached hydrogens (tertiary/aromatic N) is 2. The highest BCUT2D eigenvalue weighted by molar-refractivity contribution is 7.09. The van der Waals surface area contributed by atoms with Crippen LogP contribution in [0.1, 0.15) is 22.4 Å². The Bertz CT molecular complexity index is 524. The van der Waals surface area contributed by atoms with Gasteiger partial charge in [-0.25, -0.2) is 4.98 Å².